The van der Waals surface area contributed by atoms with Crippen LogP contribution in [0.5, 0.6) is 0 Å². The molecule has 0 radical (unpaired) electrons. The van der Waals surface area contributed by atoms with Crippen LogP contribution in [0.3, 0.4) is 0 Å². The normalized spacial score (nSPS) is 19.9. The van der Waals surface area contributed by atoms with Gasteiger partial charge in [0.25, 0.3) is 0 Å². The number of anilines is 1. The Balaban J connectivity index is 2.64. The lowest BCUT2D eigenvalue weighted by Crippen LogP contribution is -2.08. The Bertz CT molecular complexity index is 391. The SMILES string of the molecule is Cc1nc(Cl)c2c(n1)NC(=O)C2C. The van der Waals surface area contributed by atoms with E-state index >= 15 is 0 Å². The maximum absolute atomic E-state index is 11.3. The van der Waals surface area contributed by atoms with Crippen LogP contribution in [0, 0.1) is 6.92 Å². The first-order valence-electron chi connectivity index (χ1n) is 3.94. The van der Waals surface area contributed by atoms with Gasteiger partial charge in [0.15, 0.2) is 0 Å². The molecule has 0 aliphatic carbocycles. The summed E-state index contributed by atoms with van der Waals surface area (Å²) < 4.78 is 0. The van der Waals surface area contributed by atoms with Crippen molar-refractivity contribution < 1.29 is 4.79 Å². The van der Waals surface area contributed by atoms with Gasteiger partial charge in [-0.3, -0.25) is 4.79 Å². The topological polar surface area (TPSA) is 54.9 Å². The van der Waals surface area contributed by atoms with E-state index in [4.69, 9.17) is 11.6 Å². The first-order chi connectivity index (χ1) is 6.09. The lowest BCUT2D eigenvalue weighted by Gasteiger charge is -2.02. The number of fused-ring (bicyclic) bond motifs is 1. The highest BCUT2D eigenvalue weighted by atomic mass is 35.5. The largest absolute Gasteiger partial charge is 0.310 e. The van der Waals surface area contributed by atoms with Crippen molar-refractivity contribution in [1.29, 1.82) is 0 Å². The predicted molar refractivity (Wildman–Crippen MR) is 48.8 cm³/mol. The number of hydrogen-bond donors (Lipinski definition) is 1. The molecular weight excluding hydrogens is 190 g/mol. The highest BCUT2D eigenvalue weighted by molar-refractivity contribution is 6.31. The molecule has 2 heterocycles. The standard InChI is InChI=1S/C8H8ClN3O/c1-3-5-6(9)10-4(2)11-7(5)12-8(3)13/h3H,1-2H3,(H,10,11,12,13). The molecule has 1 aromatic heterocycles. The summed E-state index contributed by atoms with van der Waals surface area (Å²) in [4.78, 5) is 19.3. The van der Waals surface area contributed by atoms with Gasteiger partial charge in [0.05, 0.1) is 5.92 Å². The molecule has 1 aromatic rings. The molecule has 5 heteroatoms. The van der Waals surface area contributed by atoms with E-state index in [2.05, 4.69) is 15.3 Å². The fraction of sp³-hybridized carbons (Fsp3) is 0.375. The molecule has 1 amide bonds. The Morgan fingerprint density at radius 2 is 2.15 bits per heavy atom. The minimum Gasteiger partial charge on any atom is -0.310 e. The van der Waals surface area contributed by atoms with Gasteiger partial charge in [-0.05, 0) is 13.8 Å². The first kappa shape index (κ1) is 8.44. The minimum atomic E-state index is -0.247. The Kier molecular flexibility index (Phi) is 1.73. The monoisotopic (exact) mass is 197 g/mol. The van der Waals surface area contributed by atoms with Crippen LogP contribution >= 0.6 is 11.6 Å². The molecule has 0 aromatic carbocycles. The van der Waals surface area contributed by atoms with Crippen LogP contribution in [-0.4, -0.2) is 15.9 Å². The molecule has 1 N–H and O–H groups in total. The van der Waals surface area contributed by atoms with Gasteiger partial charge >= 0.3 is 0 Å². The van der Waals surface area contributed by atoms with Crippen molar-refractivity contribution in [3.05, 3.63) is 16.5 Å². The van der Waals surface area contributed by atoms with Gasteiger partial charge in [-0.15, -0.1) is 0 Å². The number of amides is 1. The molecule has 1 unspecified atom stereocenters. The van der Waals surface area contributed by atoms with Crippen LogP contribution in [-0.2, 0) is 4.79 Å². The molecule has 0 saturated carbocycles. The van der Waals surface area contributed by atoms with E-state index in [0.717, 1.165) is 0 Å². The second kappa shape index (κ2) is 2.67. The number of carbonyl (C=O) groups excluding carboxylic acids is 1. The average molecular weight is 198 g/mol. The van der Waals surface area contributed by atoms with Crippen LogP contribution in [0.25, 0.3) is 0 Å². The van der Waals surface area contributed by atoms with E-state index in [0.29, 0.717) is 22.4 Å². The summed E-state index contributed by atoms with van der Waals surface area (Å²) in [6, 6.07) is 0. The van der Waals surface area contributed by atoms with E-state index in [1.165, 1.54) is 0 Å². The number of hydrogen-bond acceptors (Lipinski definition) is 3. The van der Waals surface area contributed by atoms with Crippen LogP contribution in [0.4, 0.5) is 5.82 Å². The molecule has 0 bridgehead atoms. The van der Waals surface area contributed by atoms with Gasteiger partial charge in [-0.1, -0.05) is 11.6 Å². The highest BCUT2D eigenvalue weighted by Gasteiger charge is 2.30. The molecule has 1 aliphatic rings. The number of nitrogens with one attached hydrogen (secondary N) is 1. The fourth-order valence-corrected chi connectivity index (χ4v) is 1.76. The summed E-state index contributed by atoms with van der Waals surface area (Å²) in [6.45, 7) is 3.52. The molecule has 0 saturated heterocycles. The van der Waals surface area contributed by atoms with Gasteiger partial charge < -0.3 is 5.32 Å². The number of halogens is 1. The van der Waals surface area contributed by atoms with Gasteiger partial charge in [0.1, 0.15) is 16.8 Å². The summed E-state index contributed by atoms with van der Waals surface area (Å²) in [6.07, 6.45) is 0. The third-order valence-corrected chi connectivity index (χ3v) is 2.37. The van der Waals surface area contributed by atoms with Crippen molar-refractivity contribution in [2.45, 2.75) is 19.8 Å². The van der Waals surface area contributed by atoms with Crippen LogP contribution in [0.15, 0.2) is 0 Å². The molecule has 68 valence electrons. The van der Waals surface area contributed by atoms with E-state index in [9.17, 15) is 4.79 Å². The zero-order chi connectivity index (χ0) is 9.59. The number of nitrogens with zero attached hydrogens (tertiary/aromatic N) is 2. The maximum atomic E-state index is 11.3. The van der Waals surface area contributed by atoms with Gasteiger partial charge in [-0.25, -0.2) is 9.97 Å². The first-order valence-corrected chi connectivity index (χ1v) is 4.32. The molecule has 2 rings (SSSR count). The molecule has 1 atom stereocenters. The Labute approximate surface area is 80.3 Å². The lowest BCUT2D eigenvalue weighted by atomic mass is 10.1. The zero-order valence-electron chi connectivity index (χ0n) is 7.26. The summed E-state index contributed by atoms with van der Waals surface area (Å²) in [7, 11) is 0. The Morgan fingerprint density at radius 1 is 1.46 bits per heavy atom. The zero-order valence-corrected chi connectivity index (χ0v) is 8.01. The van der Waals surface area contributed by atoms with E-state index < -0.39 is 0 Å². The van der Waals surface area contributed by atoms with Crippen LogP contribution in [0.1, 0.15) is 24.2 Å². The second-order valence-electron chi connectivity index (χ2n) is 3.03. The van der Waals surface area contributed by atoms with Crippen molar-refractivity contribution in [2.75, 3.05) is 5.32 Å². The highest BCUT2D eigenvalue weighted by Crippen LogP contribution is 2.34. The number of aryl methyl sites for hydroxylation is 1. The molecule has 13 heavy (non-hydrogen) atoms. The third-order valence-electron chi connectivity index (χ3n) is 2.08. The predicted octanol–water partition coefficient (Wildman–Crippen LogP) is 1.49. The summed E-state index contributed by atoms with van der Waals surface area (Å²) >= 11 is 5.89. The molecule has 4 nitrogen and oxygen atoms in total. The Morgan fingerprint density at radius 3 is 2.85 bits per heavy atom. The van der Waals surface area contributed by atoms with E-state index in [-0.39, 0.29) is 11.8 Å². The average Bonchev–Trinajstić information content (AvgIpc) is 2.27. The molecule has 0 spiro atoms. The molecule has 0 fully saturated rings. The lowest BCUT2D eigenvalue weighted by molar-refractivity contribution is -0.116. The Hall–Kier alpha value is -1.16. The summed E-state index contributed by atoms with van der Waals surface area (Å²) in [5.41, 5.74) is 0.706. The van der Waals surface area contributed by atoms with Crippen molar-refractivity contribution in [1.82, 2.24) is 9.97 Å². The quantitative estimate of drug-likeness (QED) is 0.642. The van der Waals surface area contributed by atoms with Crippen molar-refractivity contribution in [2.24, 2.45) is 0 Å². The minimum absolute atomic E-state index is 0.0724. The van der Waals surface area contributed by atoms with Crippen LogP contribution < -0.4 is 5.32 Å². The summed E-state index contributed by atoms with van der Waals surface area (Å²) in [5, 5.41) is 3.02. The number of aromatic nitrogens is 2. The number of carbonyl (C=O) groups is 1. The van der Waals surface area contributed by atoms with Crippen molar-refractivity contribution in [3.63, 3.8) is 0 Å². The van der Waals surface area contributed by atoms with E-state index in [1.807, 2.05) is 0 Å². The molecule has 1 aliphatic heterocycles. The fourth-order valence-electron chi connectivity index (χ4n) is 1.38. The van der Waals surface area contributed by atoms with Gasteiger partial charge in [0.2, 0.25) is 5.91 Å². The van der Waals surface area contributed by atoms with Crippen LogP contribution in [0.2, 0.25) is 5.15 Å². The maximum Gasteiger partial charge on any atom is 0.233 e. The van der Waals surface area contributed by atoms with Crippen molar-refractivity contribution >= 4 is 23.3 Å². The second-order valence-corrected chi connectivity index (χ2v) is 3.39. The smallest absolute Gasteiger partial charge is 0.233 e. The number of rotatable bonds is 0. The molecular formula is C8H8ClN3O. The third kappa shape index (κ3) is 1.18. The van der Waals surface area contributed by atoms with Gasteiger partial charge in [-0.2, -0.15) is 0 Å². The van der Waals surface area contributed by atoms with Gasteiger partial charge in [0, 0.05) is 5.56 Å². The van der Waals surface area contributed by atoms with E-state index in [1.54, 1.807) is 13.8 Å². The van der Waals surface area contributed by atoms with Crippen molar-refractivity contribution in [3.8, 4) is 0 Å². The summed E-state index contributed by atoms with van der Waals surface area (Å²) in [5.74, 6) is 0.799.